The fourth-order valence-corrected chi connectivity index (χ4v) is 1.99. The van der Waals surface area contributed by atoms with E-state index in [1.165, 1.54) is 19.3 Å². The molecule has 1 rings (SSSR count). The van der Waals surface area contributed by atoms with Gasteiger partial charge in [-0.2, -0.15) is 0 Å². The van der Waals surface area contributed by atoms with Crippen LogP contribution in [0.3, 0.4) is 0 Å². The van der Waals surface area contributed by atoms with Crippen LogP contribution in [0, 0.1) is 0 Å². The second-order valence-corrected chi connectivity index (χ2v) is 4.42. The van der Waals surface area contributed by atoms with E-state index in [0.717, 1.165) is 26.1 Å². The van der Waals surface area contributed by atoms with Crippen molar-refractivity contribution in [3.8, 4) is 0 Å². The van der Waals surface area contributed by atoms with Crippen LogP contribution in [0.4, 0.5) is 0 Å². The van der Waals surface area contributed by atoms with Gasteiger partial charge in [0.25, 0.3) is 0 Å². The highest BCUT2D eigenvalue weighted by molar-refractivity contribution is 4.98. The molecule has 2 atom stereocenters. The van der Waals surface area contributed by atoms with Gasteiger partial charge in [-0.15, -0.1) is 0 Å². The highest BCUT2D eigenvalue weighted by Gasteiger charge is 2.50. The van der Waals surface area contributed by atoms with Gasteiger partial charge in [0.05, 0.1) is 11.7 Å². The van der Waals surface area contributed by atoms with Gasteiger partial charge in [0.2, 0.25) is 0 Å². The molecule has 0 amide bonds. The molecule has 0 aliphatic carbocycles. The molecule has 0 spiro atoms. The van der Waals surface area contributed by atoms with E-state index in [2.05, 4.69) is 20.8 Å². The lowest BCUT2D eigenvalue weighted by Crippen LogP contribution is -2.09. The normalized spacial score (nSPS) is 30.6. The Balaban J connectivity index is 1.94. The highest BCUT2D eigenvalue weighted by Crippen LogP contribution is 2.42. The van der Waals surface area contributed by atoms with Crippen LogP contribution < -0.4 is 0 Å². The molecule has 84 valence electrons. The van der Waals surface area contributed by atoms with Crippen molar-refractivity contribution < 1.29 is 9.47 Å². The Hall–Kier alpha value is -0.0800. The molecule has 0 N–H and O–H groups in total. The first-order chi connectivity index (χ1) is 6.73. The third-order valence-electron chi connectivity index (χ3n) is 2.89. The Bertz CT molecular complexity index is 158. The van der Waals surface area contributed by atoms with E-state index in [4.69, 9.17) is 9.47 Å². The molecular weight excluding hydrogens is 176 g/mol. The lowest BCUT2D eigenvalue weighted by molar-refractivity contribution is 0.129. The molecule has 0 aromatic carbocycles. The minimum absolute atomic E-state index is 0.208. The predicted molar refractivity (Wildman–Crippen MR) is 58.5 cm³/mol. The molecule has 0 saturated carbocycles. The molecule has 0 radical (unpaired) electrons. The van der Waals surface area contributed by atoms with Crippen molar-refractivity contribution >= 4 is 0 Å². The first-order valence-corrected chi connectivity index (χ1v) is 5.98. The standard InChI is InChI=1S/C12H24O2/c1-4-8-12(3)11(14-12)7-6-10-13-9-5-2/h11H,4-10H2,1-3H3. The molecule has 1 heterocycles. The van der Waals surface area contributed by atoms with E-state index in [1.807, 2.05) is 0 Å². The maximum atomic E-state index is 5.70. The van der Waals surface area contributed by atoms with Crippen LogP contribution in [-0.2, 0) is 9.47 Å². The van der Waals surface area contributed by atoms with Crippen molar-refractivity contribution in [2.75, 3.05) is 13.2 Å². The lowest BCUT2D eigenvalue weighted by Gasteiger charge is -2.04. The summed E-state index contributed by atoms with van der Waals surface area (Å²) >= 11 is 0. The van der Waals surface area contributed by atoms with E-state index in [0.29, 0.717) is 6.10 Å². The maximum Gasteiger partial charge on any atom is 0.0920 e. The van der Waals surface area contributed by atoms with Gasteiger partial charge >= 0.3 is 0 Å². The summed E-state index contributed by atoms with van der Waals surface area (Å²) < 4.78 is 11.1. The van der Waals surface area contributed by atoms with Gasteiger partial charge in [-0.05, 0) is 32.6 Å². The van der Waals surface area contributed by atoms with Gasteiger partial charge in [0.15, 0.2) is 0 Å². The van der Waals surface area contributed by atoms with Crippen LogP contribution in [0.1, 0.15) is 52.9 Å². The average Bonchev–Trinajstić information content (AvgIpc) is 2.77. The molecule has 2 heteroatoms. The van der Waals surface area contributed by atoms with E-state index < -0.39 is 0 Å². The van der Waals surface area contributed by atoms with E-state index >= 15 is 0 Å². The van der Waals surface area contributed by atoms with Crippen LogP contribution in [0.15, 0.2) is 0 Å². The number of hydrogen-bond donors (Lipinski definition) is 0. The summed E-state index contributed by atoms with van der Waals surface area (Å²) in [6.07, 6.45) is 6.36. The second kappa shape index (κ2) is 5.72. The minimum atomic E-state index is 0.208. The maximum absolute atomic E-state index is 5.70. The summed E-state index contributed by atoms with van der Waals surface area (Å²) in [5, 5.41) is 0. The zero-order chi connectivity index (χ0) is 10.4. The highest BCUT2D eigenvalue weighted by atomic mass is 16.6. The summed E-state index contributed by atoms with van der Waals surface area (Å²) in [7, 11) is 0. The number of rotatable bonds is 8. The third-order valence-corrected chi connectivity index (χ3v) is 2.89. The molecule has 1 aliphatic heterocycles. The molecule has 14 heavy (non-hydrogen) atoms. The smallest absolute Gasteiger partial charge is 0.0920 e. The monoisotopic (exact) mass is 200 g/mol. The average molecular weight is 200 g/mol. The zero-order valence-corrected chi connectivity index (χ0v) is 9.84. The van der Waals surface area contributed by atoms with Crippen molar-refractivity contribution in [3.63, 3.8) is 0 Å². The summed E-state index contributed by atoms with van der Waals surface area (Å²) in [5.41, 5.74) is 0.208. The van der Waals surface area contributed by atoms with Crippen molar-refractivity contribution in [1.82, 2.24) is 0 Å². The first kappa shape index (κ1) is 12.0. The van der Waals surface area contributed by atoms with Crippen LogP contribution in [0.5, 0.6) is 0 Å². The fraction of sp³-hybridized carbons (Fsp3) is 1.00. The molecular formula is C12H24O2. The van der Waals surface area contributed by atoms with Crippen LogP contribution in [-0.4, -0.2) is 24.9 Å². The van der Waals surface area contributed by atoms with Crippen molar-refractivity contribution in [2.24, 2.45) is 0 Å². The zero-order valence-electron chi connectivity index (χ0n) is 9.84. The molecule has 1 fully saturated rings. The van der Waals surface area contributed by atoms with Crippen molar-refractivity contribution in [2.45, 2.75) is 64.6 Å². The molecule has 0 bridgehead atoms. The molecule has 0 aromatic heterocycles. The number of epoxide rings is 1. The summed E-state index contributed by atoms with van der Waals surface area (Å²) in [6, 6.07) is 0. The van der Waals surface area contributed by atoms with E-state index in [9.17, 15) is 0 Å². The quantitative estimate of drug-likeness (QED) is 0.443. The second-order valence-electron chi connectivity index (χ2n) is 4.42. The van der Waals surface area contributed by atoms with Gasteiger partial charge in [0, 0.05) is 13.2 Å². The van der Waals surface area contributed by atoms with E-state index in [1.54, 1.807) is 0 Å². The largest absolute Gasteiger partial charge is 0.381 e. The summed E-state index contributed by atoms with van der Waals surface area (Å²) in [4.78, 5) is 0. The SMILES string of the molecule is CCCOCCCC1OC1(C)CCC. The van der Waals surface area contributed by atoms with Crippen molar-refractivity contribution in [3.05, 3.63) is 0 Å². The summed E-state index contributed by atoms with van der Waals surface area (Å²) in [6.45, 7) is 8.39. The van der Waals surface area contributed by atoms with Crippen LogP contribution in [0.25, 0.3) is 0 Å². The Labute approximate surface area is 88.0 Å². The molecule has 2 nitrogen and oxygen atoms in total. The molecule has 1 saturated heterocycles. The van der Waals surface area contributed by atoms with Gasteiger partial charge in [-0.1, -0.05) is 20.3 Å². The van der Waals surface area contributed by atoms with Crippen LogP contribution in [0.2, 0.25) is 0 Å². The third kappa shape index (κ3) is 3.58. The van der Waals surface area contributed by atoms with Gasteiger partial charge < -0.3 is 9.47 Å². The van der Waals surface area contributed by atoms with Gasteiger partial charge in [-0.3, -0.25) is 0 Å². The number of hydrogen-bond acceptors (Lipinski definition) is 2. The first-order valence-electron chi connectivity index (χ1n) is 5.98. The number of ether oxygens (including phenoxy) is 2. The summed E-state index contributed by atoms with van der Waals surface area (Å²) in [5.74, 6) is 0. The predicted octanol–water partition coefficient (Wildman–Crippen LogP) is 3.15. The molecule has 1 aliphatic rings. The topological polar surface area (TPSA) is 21.8 Å². The minimum Gasteiger partial charge on any atom is -0.381 e. The van der Waals surface area contributed by atoms with Crippen molar-refractivity contribution in [1.29, 1.82) is 0 Å². The Kier molecular flexibility index (Phi) is 4.90. The molecule has 2 unspecified atom stereocenters. The van der Waals surface area contributed by atoms with Gasteiger partial charge in [-0.25, -0.2) is 0 Å². The molecule has 0 aromatic rings. The Morgan fingerprint density at radius 3 is 2.64 bits per heavy atom. The fourth-order valence-electron chi connectivity index (χ4n) is 1.99. The van der Waals surface area contributed by atoms with E-state index in [-0.39, 0.29) is 5.60 Å². The lowest BCUT2D eigenvalue weighted by atomic mass is 9.99. The Morgan fingerprint density at radius 1 is 1.21 bits per heavy atom. The van der Waals surface area contributed by atoms with Gasteiger partial charge in [0.1, 0.15) is 0 Å². The van der Waals surface area contributed by atoms with Crippen LogP contribution >= 0.6 is 0 Å². The Morgan fingerprint density at radius 2 is 2.00 bits per heavy atom.